The Morgan fingerprint density at radius 2 is 2.00 bits per heavy atom. The second kappa shape index (κ2) is 6.33. The molecule has 0 amide bonds. The minimum atomic E-state index is -0.311. The van der Waals surface area contributed by atoms with Gasteiger partial charge in [0.05, 0.1) is 11.0 Å². The van der Waals surface area contributed by atoms with Gasteiger partial charge in [-0.1, -0.05) is 6.92 Å². The van der Waals surface area contributed by atoms with E-state index in [2.05, 4.69) is 15.9 Å². The molecule has 0 N–H and O–H groups in total. The van der Waals surface area contributed by atoms with Gasteiger partial charge in [-0.3, -0.25) is 4.79 Å². The summed E-state index contributed by atoms with van der Waals surface area (Å²) >= 11 is 3.36. The Morgan fingerprint density at radius 1 is 1.41 bits per heavy atom. The van der Waals surface area contributed by atoms with E-state index < -0.39 is 0 Å². The van der Waals surface area contributed by atoms with E-state index in [0.29, 0.717) is 16.6 Å². The number of rotatable bonds is 5. The van der Waals surface area contributed by atoms with Crippen molar-refractivity contribution in [2.75, 3.05) is 14.2 Å². The molecule has 0 fully saturated rings. The van der Waals surface area contributed by atoms with E-state index in [9.17, 15) is 4.79 Å². The van der Waals surface area contributed by atoms with Crippen molar-refractivity contribution in [3.8, 4) is 0 Å². The third-order valence-electron chi connectivity index (χ3n) is 2.71. The maximum atomic E-state index is 11.8. The number of methoxy groups -OCH3 is 2. The Hall–Kier alpha value is -0.650. The zero-order chi connectivity index (χ0) is 13.0. The first-order valence-electron chi connectivity index (χ1n) is 5.49. The van der Waals surface area contributed by atoms with Crippen LogP contribution in [0, 0.1) is 6.92 Å². The predicted octanol–water partition coefficient (Wildman–Crippen LogP) is 2.10. The van der Waals surface area contributed by atoms with Crippen LogP contribution in [0.1, 0.15) is 18.2 Å². The molecule has 0 unspecified atom stereocenters. The Bertz CT molecular complexity index is 438. The molecule has 96 valence electrons. The molecule has 0 aliphatic rings. The molecule has 0 radical (unpaired) electrons. The fraction of sp³-hybridized carbons (Fsp3) is 0.583. The molecular formula is C12H18BrNO3. The highest BCUT2D eigenvalue weighted by molar-refractivity contribution is 9.10. The van der Waals surface area contributed by atoms with Gasteiger partial charge in [0.2, 0.25) is 0 Å². The van der Waals surface area contributed by atoms with E-state index in [-0.39, 0.29) is 11.7 Å². The van der Waals surface area contributed by atoms with Gasteiger partial charge in [0.1, 0.15) is 0 Å². The molecule has 5 heteroatoms. The normalized spacial score (nSPS) is 11.2. The zero-order valence-electron chi connectivity index (χ0n) is 10.6. The highest BCUT2D eigenvalue weighted by Gasteiger charge is 2.13. The predicted molar refractivity (Wildman–Crippen MR) is 70.3 cm³/mol. The van der Waals surface area contributed by atoms with Crippen LogP contribution in [0.4, 0.5) is 0 Å². The van der Waals surface area contributed by atoms with Gasteiger partial charge >= 0.3 is 0 Å². The van der Waals surface area contributed by atoms with Crippen LogP contribution >= 0.6 is 15.9 Å². The Balaban J connectivity index is 3.19. The quantitative estimate of drug-likeness (QED) is 0.782. The Morgan fingerprint density at radius 3 is 2.47 bits per heavy atom. The SMILES string of the molecule is CCc1c(Br)c(=O)c(C)cn1CC(OC)OC. The fourth-order valence-corrected chi connectivity index (χ4v) is 2.55. The van der Waals surface area contributed by atoms with Crippen molar-refractivity contribution in [2.45, 2.75) is 33.1 Å². The highest BCUT2D eigenvalue weighted by Crippen LogP contribution is 2.15. The maximum Gasteiger partial charge on any atom is 0.198 e. The summed E-state index contributed by atoms with van der Waals surface area (Å²) in [7, 11) is 3.20. The van der Waals surface area contributed by atoms with Gasteiger partial charge in [-0.2, -0.15) is 0 Å². The molecule has 0 saturated carbocycles. The molecule has 4 nitrogen and oxygen atoms in total. The lowest BCUT2D eigenvalue weighted by Gasteiger charge is -2.20. The molecule has 1 heterocycles. The molecule has 1 rings (SSSR count). The average molecular weight is 304 g/mol. The number of pyridine rings is 1. The van der Waals surface area contributed by atoms with Crippen molar-refractivity contribution < 1.29 is 9.47 Å². The first-order chi connectivity index (χ1) is 8.04. The van der Waals surface area contributed by atoms with Crippen molar-refractivity contribution in [3.05, 3.63) is 32.2 Å². The molecule has 1 aromatic rings. The number of aromatic nitrogens is 1. The largest absolute Gasteiger partial charge is 0.354 e. The van der Waals surface area contributed by atoms with Crippen LogP contribution in [-0.4, -0.2) is 25.1 Å². The number of aryl methyl sites for hydroxylation is 1. The molecule has 0 aliphatic carbocycles. The van der Waals surface area contributed by atoms with Crippen molar-refractivity contribution >= 4 is 15.9 Å². The summed E-state index contributed by atoms with van der Waals surface area (Å²) in [5.74, 6) is 0. The molecule has 0 aromatic carbocycles. The molecule has 0 bridgehead atoms. The standard InChI is InChI=1S/C12H18BrNO3/c1-5-9-11(13)12(15)8(2)6-14(9)7-10(16-3)17-4/h6,10H,5,7H2,1-4H3. The van der Waals surface area contributed by atoms with Crippen LogP contribution in [0.15, 0.2) is 15.5 Å². The molecule has 0 saturated heterocycles. The summed E-state index contributed by atoms with van der Waals surface area (Å²) in [5, 5.41) is 0. The molecule has 0 aliphatic heterocycles. The van der Waals surface area contributed by atoms with E-state index in [0.717, 1.165) is 12.1 Å². The number of nitrogens with zero attached hydrogens (tertiary/aromatic N) is 1. The lowest BCUT2D eigenvalue weighted by Crippen LogP contribution is -2.25. The number of ether oxygens (including phenoxy) is 2. The topological polar surface area (TPSA) is 40.5 Å². The minimum absolute atomic E-state index is 0.0458. The van der Waals surface area contributed by atoms with Crippen molar-refractivity contribution in [3.63, 3.8) is 0 Å². The van der Waals surface area contributed by atoms with E-state index in [1.807, 2.05) is 17.7 Å². The third-order valence-corrected chi connectivity index (χ3v) is 3.53. The van der Waals surface area contributed by atoms with Gasteiger partial charge in [0, 0.05) is 31.7 Å². The van der Waals surface area contributed by atoms with Gasteiger partial charge in [0.15, 0.2) is 11.7 Å². The summed E-state index contributed by atoms with van der Waals surface area (Å²) in [6, 6.07) is 0. The Labute approximate surface area is 110 Å². The van der Waals surface area contributed by atoms with Crippen LogP contribution in [-0.2, 0) is 22.4 Å². The van der Waals surface area contributed by atoms with Gasteiger partial charge in [-0.05, 0) is 29.3 Å². The summed E-state index contributed by atoms with van der Waals surface area (Å²) in [4.78, 5) is 11.8. The average Bonchev–Trinajstić information content (AvgIpc) is 2.33. The second-order valence-corrected chi connectivity index (χ2v) is 4.60. The Kier molecular flexibility index (Phi) is 5.36. The second-order valence-electron chi connectivity index (χ2n) is 3.81. The minimum Gasteiger partial charge on any atom is -0.354 e. The first-order valence-corrected chi connectivity index (χ1v) is 6.28. The summed E-state index contributed by atoms with van der Waals surface area (Å²) < 4.78 is 13.0. The van der Waals surface area contributed by atoms with E-state index >= 15 is 0 Å². The molecular weight excluding hydrogens is 286 g/mol. The fourth-order valence-electron chi connectivity index (χ4n) is 1.73. The zero-order valence-corrected chi connectivity index (χ0v) is 12.2. The van der Waals surface area contributed by atoms with Gasteiger partial charge in [-0.25, -0.2) is 0 Å². The first kappa shape index (κ1) is 14.4. The number of halogens is 1. The lowest BCUT2D eigenvalue weighted by atomic mass is 10.2. The molecule has 1 aromatic heterocycles. The van der Waals surface area contributed by atoms with Gasteiger partial charge in [-0.15, -0.1) is 0 Å². The molecule has 0 atom stereocenters. The summed E-state index contributed by atoms with van der Waals surface area (Å²) in [6.07, 6.45) is 2.31. The maximum absolute atomic E-state index is 11.8. The van der Waals surface area contributed by atoms with E-state index in [4.69, 9.17) is 9.47 Å². The highest BCUT2D eigenvalue weighted by atomic mass is 79.9. The van der Waals surface area contributed by atoms with Crippen LogP contribution in [0.2, 0.25) is 0 Å². The van der Waals surface area contributed by atoms with Gasteiger partial charge in [0.25, 0.3) is 0 Å². The molecule has 17 heavy (non-hydrogen) atoms. The van der Waals surface area contributed by atoms with Crippen molar-refractivity contribution in [2.24, 2.45) is 0 Å². The van der Waals surface area contributed by atoms with Gasteiger partial charge < -0.3 is 14.0 Å². The van der Waals surface area contributed by atoms with E-state index in [1.54, 1.807) is 21.1 Å². The monoisotopic (exact) mass is 303 g/mol. The van der Waals surface area contributed by atoms with Crippen LogP contribution in [0.3, 0.4) is 0 Å². The third kappa shape index (κ3) is 3.18. The smallest absolute Gasteiger partial charge is 0.198 e. The number of hydrogen-bond donors (Lipinski definition) is 0. The van der Waals surface area contributed by atoms with E-state index in [1.165, 1.54) is 0 Å². The number of hydrogen-bond acceptors (Lipinski definition) is 3. The summed E-state index contributed by atoms with van der Waals surface area (Å²) in [6.45, 7) is 4.38. The van der Waals surface area contributed by atoms with Crippen molar-refractivity contribution in [1.29, 1.82) is 0 Å². The van der Waals surface area contributed by atoms with Crippen LogP contribution in [0.25, 0.3) is 0 Å². The lowest BCUT2D eigenvalue weighted by molar-refractivity contribution is -0.111. The van der Waals surface area contributed by atoms with Crippen molar-refractivity contribution in [1.82, 2.24) is 4.57 Å². The van der Waals surface area contributed by atoms with Crippen LogP contribution < -0.4 is 5.43 Å². The molecule has 0 spiro atoms. The van der Waals surface area contributed by atoms with Crippen LogP contribution in [0.5, 0.6) is 0 Å². The summed E-state index contributed by atoms with van der Waals surface area (Å²) in [5.41, 5.74) is 1.71.